The van der Waals surface area contributed by atoms with Crippen molar-refractivity contribution in [1.82, 2.24) is 0 Å². The van der Waals surface area contributed by atoms with Crippen LogP contribution >= 0.6 is 0 Å². The Morgan fingerprint density at radius 2 is 1.78 bits per heavy atom. The minimum absolute atomic E-state index is 0.125. The van der Waals surface area contributed by atoms with Crippen LogP contribution in [0.5, 0.6) is 0 Å². The first-order valence-corrected chi connectivity index (χ1v) is 9.69. The lowest BCUT2D eigenvalue weighted by Crippen LogP contribution is -2.59. The number of esters is 2. The van der Waals surface area contributed by atoms with Crippen LogP contribution in [0.2, 0.25) is 0 Å². The van der Waals surface area contributed by atoms with Crippen molar-refractivity contribution in [1.29, 1.82) is 0 Å². The first-order valence-electron chi connectivity index (χ1n) is 9.69. The number of ketones is 1. The zero-order valence-corrected chi connectivity index (χ0v) is 17.3. The third-order valence-corrected chi connectivity index (χ3v) is 6.66. The molecule has 0 bridgehead atoms. The number of ether oxygens (including phenoxy) is 2. The lowest BCUT2D eigenvalue weighted by atomic mass is 9.51. The van der Waals surface area contributed by atoms with Crippen molar-refractivity contribution in [2.24, 2.45) is 23.2 Å². The minimum atomic E-state index is -0.650. The number of hydrogen-bond acceptors (Lipinski definition) is 5. The summed E-state index contributed by atoms with van der Waals surface area (Å²) in [6.45, 7) is 15.1. The summed E-state index contributed by atoms with van der Waals surface area (Å²) in [4.78, 5) is 36.7. The zero-order valence-electron chi connectivity index (χ0n) is 17.3. The Morgan fingerprint density at radius 1 is 1.15 bits per heavy atom. The lowest BCUT2D eigenvalue weighted by molar-refractivity contribution is -0.199. The summed E-state index contributed by atoms with van der Waals surface area (Å²) in [6, 6.07) is 0. The summed E-state index contributed by atoms with van der Waals surface area (Å²) in [5.74, 6) is -0.816. The molecule has 0 aromatic rings. The molecule has 5 nitrogen and oxygen atoms in total. The molecule has 5 heteroatoms. The van der Waals surface area contributed by atoms with Gasteiger partial charge in [-0.25, -0.2) is 4.79 Å². The third kappa shape index (κ3) is 4.17. The molecular weight excluding hydrogens is 344 g/mol. The first-order chi connectivity index (χ1) is 12.5. The van der Waals surface area contributed by atoms with Crippen molar-refractivity contribution in [3.8, 4) is 0 Å². The Labute approximate surface area is 162 Å². The van der Waals surface area contributed by atoms with Gasteiger partial charge in [-0.2, -0.15) is 0 Å². The molecule has 27 heavy (non-hydrogen) atoms. The number of hydrogen-bond donors (Lipinski definition) is 0. The fourth-order valence-corrected chi connectivity index (χ4v) is 4.67. The van der Waals surface area contributed by atoms with Gasteiger partial charge in [-0.05, 0) is 38.5 Å². The summed E-state index contributed by atoms with van der Waals surface area (Å²) in [5.41, 5.74) is 1.21. The van der Waals surface area contributed by atoms with E-state index in [1.54, 1.807) is 19.9 Å². The second-order valence-corrected chi connectivity index (χ2v) is 8.53. The maximum Gasteiger partial charge on any atom is 0.333 e. The topological polar surface area (TPSA) is 69.7 Å². The van der Waals surface area contributed by atoms with Crippen molar-refractivity contribution in [3.05, 3.63) is 23.8 Å². The van der Waals surface area contributed by atoms with Crippen LogP contribution in [0, 0.1) is 23.2 Å². The molecule has 150 valence electrons. The molecule has 2 saturated carbocycles. The number of carbonyl (C=O) groups is 3. The molecule has 2 fully saturated rings. The van der Waals surface area contributed by atoms with Crippen LogP contribution in [-0.2, 0) is 23.9 Å². The Morgan fingerprint density at radius 3 is 2.30 bits per heavy atom. The van der Waals surface area contributed by atoms with Gasteiger partial charge in [0.2, 0.25) is 0 Å². The van der Waals surface area contributed by atoms with Crippen LogP contribution in [0.4, 0.5) is 0 Å². The molecule has 0 aliphatic heterocycles. The molecule has 0 N–H and O–H groups in total. The average molecular weight is 376 g/mol. The molecule has 2 aliphatic rings. The maximum absolute atomic E-state index is 12.5. The van der Waals surface area contributed by atoms with E-state index in [-0.39, 0.29) is 29.0 Å². The van der Waals surface area contributed by atoms with E-state index in [4.69, 9.17) is 9.47 Å². The summed E-state index contributed by atoms with van der Waals surface area (Å²) < 4.78 is 11.5. The van der Waals surface area contributed by atoms with E-state index in [0.29, 0.717) is 18.4 Å². The van der Waals surface area contributed by atoms with E-state index < -0.39 is 24.1 Å². The van der Waals surface area contributed by atoms with E-state index in [1.807, 2.05) is 6.92 Å². The van der Waals surface area contributed by atoms with Crippen LogP contribution in [0.25, 0.3) is 0 Å². The van der Waals surface area contributed by atoms with Gasteiger partial charge in [0, 0.05) is 37.2 Å². The van der Waals surface area contributed by atoms with Crippen molar-refractivity contribution >= 4 is 17.7 Å². The summed E-state index contributed by atoms with van der Waals surface area (Å²) >= 11 is 0. The van der Waals surface area contributed by atoms with Gasteiger partial charge in [0.1, 0.15) is 18.0 Å². The van der Waals surface area contributed by atoms with Crippen molar-refractivity contribution in [3.63, 3.8) is 0 Å². The van der Waals surface area contributed by atoms with Crippen molar-refractivity contribution < 1.29 is 23.9 Å². The SMILES string of the molecule is C=C(C)[C@H]1C[C@@]2(C)[C@H](CC(=O)C[C@@H]2C)[C@H](OC(C)=O)[C@@H]1OC(=O)/C(C)=C\C. The summed E-state index contributed by atoms with van der Waals surface area (Å²) in [5, 5.41) is 0. The smallest absolute Gasteiger partial charge is 0.333 e. The second kappa shape index (κ2) is 7.99. The molecule has 0 unspecified atom stereocenters. The van der Waals surface area contributed by atoms with Gasteiger partial charge < -0.3 is 9.47 Å². The summed E-state index contributed by atoms with van der Waals surface area (Å²) in [6.07, 6.45) is 2.04. The van der Waals surface area contributed by atoms with Crippen LogP contribution in [0.15, 0.2) is 23.8 Å². The highest BCUT2D eigenvalue weighted by Gasteiger charge is 2.58. The molecule has 2 aliphatic carbocycles. The molecule has 0 saturated heterocycles. The lowest BCUT2D eigenvalue weighted by Gasteiger charge is -2.56. The van der Waals surface area contributed by atoms with E-state index in [0.717, 1.165) is 12.0 Å². The van der Waals surface area contributed by atoms with Crippen molar-refractivity contribution in [2.75, 3.05) is 0 Å². The normalized spacial score (nSPS) is 36.6. The van der Waals surface area contributed by atoms with Gasteiger partial charge >= 0.3 is 11.9 Å². The molecule has 0 spiro atoms. The first kappa shape index (κ1) is 21.4. The zero-order chi connectivity index (χ0) is 20.5. The third-order valence-electron chi connectivity index (χ3n) is 6.66. The summed E-state index contributed by atoms with van der Waals surface area (Å²) in [7, 11) is 0. The molecule has 2 rings (SSSR count). The van der Waals surface area contributed by atoms with Crippen LogP contribution < -0.4 is 0 Å². The van der Waals surface area contributed by atoms with E-state index in [1.165, 1.54) is 6.92 Å². The van der Waals surface area contributed by atoms with E-state index in [2.05, 4.69) is 20.4 Å². The van der Waals surface area contributed by atoms with Crippen LogP contribution in [-0.4, -0.2) is 29.9 Å². The van der Waals surface area contributed by atoms with E-state index >= 15 is 0 Å². The Bertz CT molecular complexity index is 676. The number of Topliss-reactive ketones (excluding diaryl/α,β-unsaturated/α-hetero) is 1. The highest BCUT2D eigenvalue weighted by molar-refractivity contribution is 5.88. The standard InChI is InChI=1S/C22H32O5/c1-8-13(4)21(25)27-19-17(12(2)3)11-22(7)14(5)9-16(24)10-18(22)20(19)26-15(6)23/h8,14,17-20H,2,9-11H2,1,3-7H3/b13-8-/t14-,17+,18+,19+,20-,22+/m0/s1. The Balaban J connectivity index is 2.50. The predicted molar refractivity (Wildman–Crippen MR) is 103 cm³/mol. The number of fused-ring (bicyclic) bond motifs is 1. The molecular formula is C22H32O5. The molecule has 0 aromatic heterocycles. The second-order valence-electron chi connectivity index (χ2n) is 8.53. The van der Waals surface area contributed by atoms with Gasteiger partial charge in [-0.15, -0.1) is 0 Å². The molecule has 0 heterocycles. The molecule has 0 aromatic carbocycles. The molecule has 0 amide bonds. The number of rotatable bonds is 4. The Hall–Kier alpha value is -1.91. The predicted octanol–water partition coefficient (Wildman–Crippen LogP) is 4.01. The van der Waals surface area contributed by atoms with Gasteiger partial charge in [-0.1, -0.05) is 32.1 Å². The highest BCUT2D eigenvalue weighted by Crippen LogP contribution is 2.56. The van der Waals surface area contributed by atoms with Crippen LogP contribution in [0.1, 0.15) is 60.8 Å². The van der Waals surface area contributed by atoms with Crippen LogP contribution in [0.3, 0.4) is 0 Å². The fourth-order valence-electron chi connectivity index (χ4n) is 4.67. The Kier molecular flexibility index (Phi) is 6.33. The largest absolute Gasteiger partial charge is 0.458 e. The van der Waals surface area contributed by atoms with E-state index in [9.17, 15) is 14.4 Å². The average Bonchev–Trinajstić information content (AvgIpc) is 2.57. The highest BCUT2D eigenvalue weighted by atomic mass is 16.6. The maximum atomic E-state index is 12.5. The molecule has 0 radical (unpaired) electrons. The monoisotopic (exact) mass is 376 g/mol. The number of allylic oxidation sites excluding steroid dienone is 1. The molecule has 6 atom stereocenters. The van der Waals surface area contributed by atoms with Gasteiger partial charge in [-0.3, -0.25) is 9.59 Å². The quantitative estimate of drug-likeness (QED) is 0.421. The van der Waals surface area contributed by atoms with Gasteiger partial charge in [0.15, 0.2) is 0 Å². The minimum Gasteiger partial charge on any atom is -0.458 e. The van der Waals surface area contributed by atoms with Crippen molar-refractivity contribution in [2.45, 2.75) is 73.0 Å². The fraction of sp³-hybridized carbons (Fsp3) is 0.682. The van der Waals surface area contributed by atoms with Gasteiger partial charge in [0.25, 0.3) is 0 Å². The number of carbonyl (C=O) groups excluding carboxylic acids is 3. The van der Waals surface area contributed by atoms with Gasteiger partial charge in [0.05, 0.1) is 0 Å².